The Morgan fingerprint density at radius 2 is 2.50 bits per heavy atom. The summed E-state index contributed by atoms with van der Waals surface area (Å²) in [5, 5.41) is 8.48. The van der Waals surface area contributed by atoms with E-state index in [-0.39, 0.29) is 11.9 Å². The van der Waals surface area contributed by atoms with Gasteiger partial charge in [-0.2, -0.15) is 5.26 Å². The third kappa shape index (κ3) is 0.918. The van der Waals surface area contributed by atoms with E-state index in [1.54, 1.807) is 0 Å². The molecule has 0 N–H and O–H groups in total. The molecule has 0 aromatic carbocycles. The highest BCUT2D eigenvalue weighted by Crippen LogP contribution is 2.32. The van der Waals surface area contributed by atoms with Crippen LogP contribution in [0.2, 0.25) is 0 Å². The molecule has 62 valence electrons. The van der Waals surface area contributed by atoms with Crippen LogP contribution >= 0.6 is 0 Å². The fourth-order valence-electron chi connectivity index (χ4n) is 2.07. The highest BCUT2D eigenvalue weighted by Gasteiger charge is 2.37. The maximum Gasteiger partial charge on any atom is 0.227 e. The van der Waals surface area contributed by atoms with Crippen LogP contribution in [-0.4, -0.2) is 23.4 Å². The van der Waals surface area contributed by atoms with Gasteiger partial charge in [0.25, 0.3) is 0 Å². The Labute approximate surface area is 71.3 Å². The van der Waals surface area contributed by atoms with Gasteiger partial charge in [-0.1, -0.05) is 0 Å². The van der Waals surface area contributed by atoms with Crippen molar-refractivity contribution in [1.82, 2.24) is 4.90 Å². The lowest BCUT2D eigenvalue weighted by atomic mass is 10.1. The van der Waals surface area contributed by atoms with Gasteiger partial charge < -0.3 is 4.90 Å². The summed E-state index contributed by atoms with van der Waals surface area (Å²) in [5.41, 5.74) is 1.01. The molecule has 1 amide bonds. The van der Waals surface area contributed by atoms with E-state index >= 15 is 0 Å². The number of nitriles is 1. The summed E-state index contributed by atoms with van der Waals surface area (Å²) in [4.78, 5) is 13.2. The number of carbonyl (C=O) groups is 1. The van der Waals surface area contributed by atoms with Crippen molar-refractivity contribution in [3.63, 3.8) is 0 Å². The monoisotopic (exact) mass is 162 g/mol. The fourth-order valence-corrected chi connectivity index (χ4v) is 2.07. The molecule has 0 aromatic heterocycles. The molecular formula is C9H10N2O. The van der Waals surface area contributed by atoms with Crippen molar-refractivity contribution >= 4 is 5.91 Å². The van der Waals surface area contributed by atoms with Gasteiger partial charge in [0.2, 0.25) is 5.91 Å². The molecular weight excluding hydrogens is 152 g/mol. The second-order valence-corrected chi connectivity index (χ2v) is 3.27. The molecule has 0 bridgehead atoms. The maximum absolute atomic E-state index is 11.3. The molecule has 3 heteroatoms. The summed E-state index contributed by atoms with van der Waals surface area (Å²) in [7, 11) is 0. The van der Waals surface area contributed by atoms with E-state index < -0.39 is 0 Å². The predicted molar refractivity (Wildman–Crippen MR) is 43.0 cm³/mol. The number of carbonyl (C=O) groups excluding carboxylic acids is 1. The predicted octanol–water partition coefficient (Wildman–Crippen LogP) is 0.831. The fraction of sp³-hybridized carbons (Fsp3) is 0.556. The first-order valence-corrected chi connectivity index (χ1v) is 4.21. The van der Waals surface area contributed by atoms with Gasteiger partial charge in [-0.05, 0) is 18.4 Å². The Balaban J connectivity index is 2.27. The van der Waals surface area contributed by atoms with Gasteiger partial charge in [0.15, 0.2) is 0 Å². The van der Waals surface area contributed by atoms with Crippen molar-refractivity contribution in [2.45, 2.75) is 25.3 Å². The Bertz CT molecular complexity index is 287. The maximum atomic E-state index is 11.3. The van der Waals surface area contributed by atoms with E-state index in [0.717, 1.165) is 25.0 Å². The molecule has 0 spiro atoms. The van der Waals surface area contributed by atoms with Crippen LogP contribution in [0, 0.1) is 11.3 Å². The smallest absolute Gasteiger partial charge is 0.227 e. The van der Waals surface area contributed by atoms with Crippen molar-refractivity contribution in [2.75, 3.05) is 6.54 Å². The van der Waals surface area contributed by atoms with Crippen LogP contribution in [0.5, 0.6) is 0 Å². The van der Waals surface area contributed by atoms with Gasteiger partial charge in [-0.3, -0.25) is 4.79 Å². The molecule has 12 heavy (non-hydrogen) atoms. The second kappa shape index (κ2) is 2.63. The van der Waals surface area contributed by atoms with Gasteiger partial charge in [0.05, 0.1) is 18.5 Å². The van der Waals surface area contributed by atoms with E-state index in [4.69, 9.17) is 5.26 Å². The third-order valence-corrected chi connectivity index (χ3v) is 2.61. The zero-order chi connectivity index (χ0) is 8.55. The molecule has 2 rings (SSSR count). The highest BCUT2D eigenvalue weighted by molar-refractivity contribution is 5.83. The van der Waals surface area contributed by atoms with Crippen molar-refractivity contribution in [3.05, 3.63) is 11.6 Å². The van der Waals surface area contributed by atoms with Crippen LogP contribution in [0.1, 0.15) is 19.3 Å². The van der Waals surface area contributed by atoms with Crippen molar-refractivity contribution in [3.8, 4) is 6.07 Å². The Morgan fingerprint density at radius 3 is 3.25 bits per heavy atom. The molecule has 0 radical (unpaired) electrons. The topological polar surface area (TPSA) is 44.1 Å². The average Bonchev–Trinajstić information content (AvgIpc) is 2.58. The average molecular weight is 162 g/mol. The summed E-state index contributed by atoms with van der Waals surface area (Å²) in [6.07, 6.45) is 4.13. The number of allylic oxidation sites excluding steroid dienone is 1. The second-order valence-electron chi connectivity index (χ2n) is 3.27. The van der Waals surface area contributed by atoms with E-state index in [0.29, 0.717) is 6.42 Å². The molecule has 0 aliphatic carbocycles. The van der Waals surface area contributed by atoms with E-state index in [2.05, 4.69) is 0 Å². The van der Waals surface area contributed by atoms with E-state index in [1.165, 1.54) is 6.08 Å². The zero-order valence-electron chi connectivity index (χ0n) is 6.79. The normalized spacial score (nSPS) is 30.9. The first-order valence-electron chi connectivity index (χ1n) is 4.21. The largest absolute Gasteiger partial charge is 0.336 e. The Hall–Kier alpha value is -1.30. The number of fused-ring (bicyclic) bond motifs is 1. The van der Waals surface area contributed by atoms with Gasteiger partial charge >= 0.3 is 0 Å². The minimum atomic E-state index is 0.194. The Kier molecular flexibility index (Phi) is 1.61. The first-order chi connectivity index (χ1) is 5.83. The quantitative estimate of drug-likeness (QED) is 0.495. The Morgan fingerprint density at radius 1 is 1.67 bits per heavy atom. The molecule has 1 atom stereocenters. The molecule has 2 aliphatic rings. The lowest BCUT2D eigenvalue weighted by Gasteiger charge is -2.14. The van der Waals surface area contributed by atoms with Gasteiger partial charge in [-0.25, -0.2) is 0 Å². The summed E-state index contributed by atoms with van der Waals surface area (Å²) < 4.78 is 0. The van der Waals surface area contributed by atoms with Gasteiger partial charge in [0, 0.05) is 12.6 Å². The summed E-state index contributed by atoms with van der Waals surface area (Å²) in [6, 6.07) is 2.26. The van der Waals surface area contributed by atoms with Crippen molar-refractivity contribution < 1.29 is 4.79 Å². The standard InChI is InChI=1S/C9H10N2O/c10-4-3-7-6-9(12)11-5-1-2-8(7)11/h3,8H,1-2,5-6H2/b7-3-. The van der Waals surface area contributed by atoms with E-state index in [9.17, 15) is 4.79 Å². The molecule has 2 saturated heterocycles. The summed E-state index contributed by atoms with van der Waals surface area (Å²) in [5.74, 6) is 0.194. The molecule has 2 fully saturated rings. The van der Waals surface area contributed by atoms with Crippen LogP contribution < -0.4 is 0 Å². The van der Waals surface area contributed by atoms with Crippen molar-refractivity contribution in [2.24, 2.45) is 0 Å². The molecule has 1 unspecified atom stereocenters. The molecule has 2 heterocycles. The molecule has 0 aromatic rings. The molecule has 3 nitrogen and oxygen atoms in total. The SMILES string of the molecule is N#C/C=C1/CC(=O)N2CCCC12. The van der Waals surface area contributed by atoms with Crippen LogP contribution in [0.15, 0.2) is 11.6 Å². The first kappa shape index (κ1) is 7.35. The van der Waals surface area contributed by atoms with Gasteiger partial charge in [0.1, 0.15) is 0 Å². The summed E-state index contributed by atoms with van der Waals surface area (Å²) in [6.45, 7) is 0.881. The number of nitrogens with zero attached hydrogens (tertiary/aromatic N) is 2. The zero-order valence-corrected chi connectivity index (χ0v) is 6.79. The van der Waals surface area contributed by atoms with E-state index in [1.807, 2.05) is 11.0 Å². The van der Waals surface area contributed by atoms with Crippen LogP contribution in [0.3, 0.4) is 0 Å². The van der Waals surface area contributed by atoms with Crippen LogP contribution in [0.25, 0.3) is 0 Å². The van der Waals surface area contributed by atoms with Crippen LogP contribution in [0.4, 0.5) is 0 Å². The number of rotatable bonds is 0. The van der Waals surface area contributed by atoms with Crippen LogP contribution in [-0.2, 0) is 4.79 Å². The molecule has 2 aliphatic heterocycles. The minimum Gasteiger partial charge on any atom is -0.336 e. The number of amides is 1. The summed E-state index contributed by atoms with van der Waals surface area (Å²) >= 11 is 0. The number of hydrogen-bond donors (Lipinski definition) is 0. The highest BCUT2D eigenvalue weighted by atomic mass is 16.2. The number of hydrogen-bond acceptors (Lipinski definition) is 2. The van der Waals surface area contributed by atoms with Crippen molar-refractivity contribution in [1.29, 1.82) is 5.26 Å². The third-order valence-electron chi connectivity index (χ3n) is 2.61. The minimum absolute atomic E-state index is 0.194. The van der Waals surface area contributed by atoms with Gasteiger partial charge in [-0.15, -0.1) is 0 Å². The molecule has 0 saturated carbocycles. The lowest BCUT2D eigenvalue weighted by Crippen LogP contribution is -2.26. The lowest BCUT2D eigenvalue weighted by molar-refractivity contribution is -0.127.